The molecular formula is C26H33N7O. The van der Waals surface area contributed by atoms with E-state index in [1.165, 1.54) is 22.4 Å². The van der Waals surface area contributed by atoms with E-state index in [0.717, 1.165) is 50.3 Å². The number of likely N-dealkylation sites (tertiary alicyclic amines) is 1. The molecule has 8 heteroatoms. The summed E-state index contributed by atoms with van der Waals surface area (Å²) in [5, 5.41) is 15.8. The fourth-order valence-corrected chi connectivity index (χ4v) is 5.87. The number of allylic oxidation sites excluding steroid dienone is 3. The number of aryl methyl sites for hydroxylation is 1. The van der Waals surface area contributed by atoms with Crippen LogP contribution in [0.3, 0.4) is 0 Å². The number of dihydropyridines is 1. The van der Waals surface area contributed by atoms with Gasteiger partial charge in [0, 0.05) is 75.9 Å². The second kappa shape index (κ2) is 7.91. The molecule has 1 aromatic rings. The number of likely N-dealkylation sites (N-methyl/N-ethyl adjacent to an activating group) is 1. The molecule has 1 fully saturated rings. The Labute approximate surface area is 200 Å². The molecule has 0 bridgehead atoms. The van der Waals surface area contributed by atoms with Gasteiger partial charge in [0.15, 0.2) is 0 Å². The molecular weight excluding hydrogens is 426 g/mol. The minimum absolute atomic E-state index is 0.0301. The van der Waals surface area contributed by atoms with Crippen LogP contribution in [-0.4, -0.2) is 77.0 Å². The standard InChI is InChI=1S/C26H33N7O/c1-4-27-25(34)32-9-7-26(17-32)8-10-33-24(26)13-23(29-33)20-12-19-11-18(5-6-22(19)28-14-20)21-15-30(2)31(3)16-21/h5-6,11-15,22,28H,4,7-10,16-17H2,1-3H3,(H,27,34). The number of rotatable bonds is 3. The monoisotopic (exact) mass is 459 g/mol. The molecule has 1 saturated heterocycles. The van der Waals surface area contributed by atoms with Crippen LogP contribution in [0.2, 0.25) is 0 Å². The van der Waals surface area contributed by atoms with Crippen LogP contribution < -0.4 is 10.6 Å². The average molecular weight is 460 g/mol. The molecule has 1 aliphatic carbocycles. The first-order chi connectivity index (χ1) is 16.5. The number of carbonyl (C=O) groups is 1. The van der Waals surface area contributed by atoms with E-state index in [0.29, 0.717) is 6.54 Å². The molecule has 2 N–H and O–H groups in total. The van der Waals surface area contributed by atoms with Gasteiger partial charge in [-0.25, -0.2) is 9.80 Å². The molecule has 178 valence electrons. The highest BCUT2D eigenvalue weighted by molar-refractivity contribution is 5.77. The first kappa shape index (κ1) is 21.3. The van der Waals surface area contributed by atoms with Gasteiger partial charge in [0.05, 0.1) is 11.7 Å². The number of carbonyl (C=O) groups excluding carboxylic acids is 1. The van der Waals surface area contributed by atoms with E-state index in [9.17, 15) is 4.79 Å². The largest absolute Gasteiger partial charge is 0.380 e. The Kier molecular flexibility index (Phi) is 4.95. The first-order valence-electron chi connectivity index (χ1n) is 12.3. The van der Waals surface area contributed by atoms with Gasteiger partial charge >= 0.3 is 6.03 Å². The lowest BCUT2D eigenvalue weighted by atomic mass is 9.82. The van der Waals surface area contributed by atoms with E-state index in [1.807, 2.05) is 11.8 Å². The smallest absolute Gasteiger partial charge is 0.317 e. The van der Waals surface area contributed by atoms with Crippen LogP contribution in [0, 0.1) is 0 Å². The van der Waals surface area contributed by atoms with Crippen molar-refractivity contribution in [1.29, 1.82) is 0 Å². The van der Waals surface area contributed by atoms with E-state index in [2.05, 4.69) is 82.2 Å². The van der Waals surface area contributed by atoms with Gasteiger partial charge in [-0.05, 0) is 54.7 Å². The molecule has 2 amide bonds. The Balaban J connectivity index is 1.24. The van der Waals surface area contributed by atoms with Crippen LogP contribution in [0.25, 0.3) is 5.57 Å². The molecule has 2 unspecified atom stereocenters. The van der Waals surface area contributed by atoms with E-state index >= 15 is 0 Å². The summed E-state index contributed by atoms with van der Waals surface area (Å²) in [5.74, 6) is 0. The number of amides is 2. The van der Waals surface area contributed by atoms with Gasteiger partial charge in [-0.2, -0.15) is 5.10 Å². The molecule has 5 heterocycles. The number of hydrogen-bond donors (Lipinski definition) is 2. The zero-order chi connectivity index (χ0) is 23.4. The Morgan fingerprint density at radius 2 is 2.09 bits per heavy atom. The maximum atomic E-state index is 12.4. The number of urea groups is 1. The van der Waals surface area contributed by atoms with Crippen molar-refractivity contribution in [3.05, 3.63) is 70.9 Å². The highest BCUT2D eigenvalue weighted by atomic mass is 16.2. The third-order valence-electron chi connectivity index (χ3n) is 7.93. The van der Waals surface area contributed by atoms with Crippen molar-refractivity contribution in [2.24, 2.45) is 0 Å². The lowest BCUT2D eigenvalue weighted by Gasteiger charge is -2.25. The molecule has 5 aliphatic rings. The van der Waals surface area contributed by atoms with Gasteiger partial charge < -0.3 is 20.5 Å². The molecule has 0 aromatic carbocycles. The Morgan fingerprint density at radius 3 is 2.88 bits per heavy atom. The van der Waals surface area contributed by atoms with E-state index < -0.39 is 0 Å². The molecule has 0 saturated carbocycles. The Bertz CT molecular complexity index is 1190. The summed E-state index contributed by atoms with van der Waals surface area (Å²) >= 11 is 0. The predicted molar refractivity (Wildman–Crippen MR) is 132 cm³/mol. The molecule has 1 aromatic heterocycles. The molecule has 1 spiro atoms. The fourth-order valence-electron chi connectivity index (χ4n) is 5.87. The summed E-state index contributed by atoms with van der Waals surface area (Å²) < 4.78 is 2.17. The summed E-state index contributed by atoms with van der Waals surface area (Å²) in [6.45, 7) is 6.05. The maximum Gasteiger partial charge on any atom is 0.317 e. The normalized spacial score (nSPS) is 27.8. The fraction of sp³-hybridized carbons (Fsp3) is 0.462. The van der Waals surface area contributed by atoms with Crippen LogP contribution >= 0.6 is 0 Å². The molecule has 0 radical (unpaired) electrons. The van der Waals surface area contributed by atoms with Crippen LogP contribution in [0.5, 0.6) is 0 Å². The predicted octanol–water partition coefficient (Wildman–Crippen LogP) is 2.37. The van der Waals surface area contributed by atoms with Crippen molar-refractivity contribution >= 4 is 11.6 Å². The van der Waals surface area contributed by atoms with Crippen LogP contribution in [-0.2, 0) is 12.0 Å². The van der Waals surface area contributed by atoms with E-state index in [-0.39, 0.29) is 17.5 Å². The second-order valence-electron chi connectivity index (χ2n) is 10.1. The van der Waals surface area contributed by atoms with Crippen molar-refractivity contribution in [3.8, 4) is 0 Å². The van der Waals surface area contributed by atoms with Crippen LogP contribution in [0.15, 0.2) is 59.5 Å². The van der Waals surface area contributed by atoms with Crippen molar-refractivity contribution in [2.45, 2.75) is 37.8 Å². The number of nitrogens with one attached hydrogen (secondary N) is 2. The minimum atomic E-state index is 0.0301. The number of aromatic nitrogens is 2. The van der Waals surface area contributed by atoms with E-state index in [4.69, 9.17) is 5.10 Å². The zero-order valence-corrected chi connectivity index (χ0v) is 20.2. The van der Waals surface area contributed by atoms with Gasteiger partial charge in [-0.3, -0.25) is 4.68 Å². The quantitative estimate of drug-likeness (QED) is 0.727. The lowest BCUT2D eigenvalue weighted by Crippen LogP contribution is -2.40. The van der Waals surface area contributed by atoms with Gasteiger partial charge in [-0.1, -0.05) is 12.2 Å². The van der Waals surface area contributed by atoms with Crippen molar-refractivity contribution < 1.29 is 4.79 Å². The first-order valence-corrected chi connectivity index (χ1v) is 12.3. The number of fused-ring (bicyclic) bond motifs is 3. The van der Waals surface area contributed by atoms with E-state index in [1.54, 1.807) is 0 Å². The van der Waals surface area contributed by atoms with Crippen molar-refractivity contribution in [1.82, 2.24) is 35.3 Å². The lowest BCUT2D eigenvalue weighted by molar-refractivity contribution is 0.116. The molecule has 4 aliphatic heterocycles. The zero-order valence-electron chi connectivity index (χ0n) is 20.2. The highest BCUT2D eigenvalue weighted by Gasteiger charge is 2.47. The average Bonchev–Trinajstić information content (AvgIpc) is 3.60. The van der Waals surface area contributed by atoms with Gasteiger partial charge in [-0.15, -0.1) is 0 Å². The van der Waals surface area contributed by atoms with Crippen LogP contribution in [0.4, 0.5) is 4.79 Å². The number of hydrogen-bond acceptors (Lipinski definition) is 5. The Hall–Kier alpha value is -3.26. The van der Waals surface area contributed by atoms with Crippen molar-refractivity contribution in [3.63, 3.8) is 0 Å². The van der Waals surface area contributed by atoms with Gasteiger partial charge in [0.2, 0.25) is 0 Å². The highest BCUT2D eigenvalue weighted by Crippen LogP contribution is 2.43. The minimum Gasteiger partial charge on any atom is -0.380 e. The third kappa shape index (κ3) is 3.39. The Morgan fingerprint density at radius 1 is 1.24 bits per heavy atom. The van der Waals surface area contributed by atoms with Gasteiger partial charge in [0.25, 0.3) is 0 Å². The summed E-state index contributed by atoms with van der Waals surface area (Å²) in [4.78, 5) is 14.4. The summed E-state index contributed by atoms with van der Waals surface area (Å²) in [7, 11) is 4.18. The topological polar surface area (TPSA) is 68.7 Å². The molecule has 6 rings (SSSR count). The summed E-state index contributed by atoms with van der Waals surface area (Å²) in [6.07, 6.45) is 15.4. The third-order valence-corrected chi connectivity index (χ3v) is 7.93. The van der Waals surface area contributed by atoms with Crippen molar-refractivity contribution in [2.75, 3.05) is 40.3 Å². The van der Waals surface area contributed by atoms with Crippen LogP contribution in [0.1, 0.15) is 31.2 Å². The van der Waals surface area contributed by atoms with Gasteiger partial charge in [0.1, 0.15) is 0 Å². The molecule has 34 heavy (non-hydrogen) atoms. The number of nitrogens with zero attached hydrogens (tertiary/aromatic N) is 5. The maximum absolute atomic E-state index is 12.4. The second-order valence-corrected chi connectivity index (χ2v) is 10.1. The number of hydrazine groups is 1. The molecule has 8 nitrogen and oxygen atoms in total. The SMILES string of the molecule is CCNC(=O)N1CCC2(CCn3nc(C4=CNC5C=CC(C6=CN(C)N(C)C6)=CC5=C4)cc32)C1. The molecule has 2 atom stereocenters. The summed E-state index contributed by atoms with van der Waals surface area (Å²) in [5.41, 5.74) is 7.29. The summed E-state index contributed by atoms with van der Waals surface area (Å²) in [6, 6.07) is 2.51.